The molecule has 1 unspecified atom stereocenters. The van der Waals surface area contributed by atoms with Crippen molar-refractivity contribution in [1.29, 1.82) is 0 Å². The first-order chi connectivity index (χ1) is 13.7. The van der Waals surface area contributed by atoms with Crippen LogP contribution in [0.3, 0.4) is 0 Å². The molecule has 0 saturated carbocycles. The fraction of sp³-hybridized carbons (Fsp3) is 0.333. The van der Waals surface area contributed by atoms with Gasteiger partial charge in [0, 0.05) is 17.0 Å². The molecule has 0 aliphatic carbocycles. The normalized spacial score (nSPS) is 14.7. The number of benzene rings is 2. The summed E-state index contributed by atoms with van der Waals surface area (Å²) in [5.41, 5.74) is 3.20. The maximum Gasteiger partial charge on any atom is 0.234 e. The minimum atomic E-state index is -3.72. The van der Waals surface area contributed by atoms with E-state index in [-0.39, 0.29) is 23.1 Å². The fourth-order valence-electron chi connectivity index (χ4n) is 3.23. The second-order valence-electron chi connectivity index (χ2n) is 7.07. The van der Waals surface area contributed by atoms with Gasteiger partial charge in [0.1, 0.15) is 0 Å². The third-order valence-electron chi connectivity index (χ3n) is 4.92. The minimum absolute atomic E-state index is 0.101. The zero-order valence-electron chi connectivity index (χ0n) is 16.6. The summed E-state index contributed by atoms with van der Waals surface area (Å²) in [5, 5.41) is 4.68. The molecular formula is C21H24N2O4S2. The van der Waals surface area contributed by atoms with E-state index < -0.39 is 15.1 Å². The lowest BCUT2D eigenvalue weighted by Crippen LogP contribution is -2.26. The van der Waals surface area contributed by atoms with Crippen LogP contribution in [0.15, 0.2) is 46.2 Å². The second kappa shape index (κ2) is 8.59. The number of hydrogen-bond donors (Lipinski definition) is 2. The first-order valence-corrected chi connectivity index (χ1v) is 11.9. The first-order valence-electron chi connectivity index (χ1n) is 9.41. The van der Waals surface area contributed by atoms with Crippen molar-refractivity contribution in [2.24, 2.45) is 0 Å². The van der Waals surface area contributed by atoms with Crippen molar-refractivity contribution in [3.05, 3.63) is 47.5 Å². The average Bonchev–Trinajstić information content (AvgIpc) is 2.68. The number of carbonyl (C=O) groups excluding carboxylic acids is 2. The molecule has 154 valence electrons. The van der Waals surface area contributed by atoms with Crippen LogP contribution in [-0.2, 0) is 25.8 Å². The van der Waals surface area contributed by atoms with Crippen LogP contribution < -0.4 is 10.6 Å². The number of carbonyl (C=O) groups is 2. The molecule has 1 heterocycles. The van der Waals surface area contributed by atoms with Gasteiger partial charge in [0.2, 0.25) is 11.8 Å². The summed E-state index contributed by atoms with van der Waals surface area (Å²) in [6.07, 6.45) is 0.613. The van der Waals surface area contributed by atoms with Gasteiger partial charge in [-0.1, -0.05) is 25.1 Å². The summed E-state index contributed by atoms with van der Waals surface area (Å²) in [7, 11) is -3.72. The summed E-state index contributed by atoms with van der Waals surface area (Å²) in [4.78, 5) is 25.1. The summed E-state index contributed by atoms with van der Waals surface area (Å²) >= 11 is 1.37. The van der Waals surface area contributed by atoms with E-state index in [4.69, 9.17) is 0 Å². The molecule has 8 heteroatoms. The number of aryl methyl sites for hydroxylation is 2. The molecule has 2 aromatic rings. The number of thioether (sulfide) groups is 1. The predicted octanol–water partition coefficient (Wildman–Crippen LogP) is 3.79. The van der Waals surface area contributed by atoms with Crippen LogP contribution in [0.5, 0.6) is 0 Å². The van der Waals surface area contributed by atoms with Crippen LogP contribution in [-0.4, -0.2) is 31.2 Å². The molecular weight excluding hydrogens is 408 g/mol. The van der Waals surface area contributed by atoms with Gasteiger partial charge in [0.05, 0.1) is 21.6 Å². The third-order valence-corrected chi connectivity index (χ3v) is 8.13. The Balaban J connectivity index is 1.76. The second-order valence-corrected chi connectivity index (χ2v) is 10.4. The maximum absolute atomic E-state index is 13.0. The first kappa shape index (κ1) is 21.4. The lowest BCUT2D eigenvalue weighted by molar-refractivity contribution is -0.116. The smallest absolute Gasteiger partial charge is 0.234 e. The van der Waals surface area contributed by atoms with E-state index in [2.05, 4.69) is 10.6 Å². The largest absolute Gasteiger partial charge is 0.326 e. The molecule has 0 radical (unpaired) electrons. The van der Waals surface area contributed by atoms with Crippen LogP contribution in [0.4, 0.5) is 11.4 Å². The molecule has 3 rings (SSSR count). The highest BCUT2D eigenvalue weighted by atomic mass is 32.2. The highest BCUT2D eigenvalue weighted by molar-refractivity contribution is 8.00. The van der Waals surface area contributed by atoms with Crippen LogP contribution in [0, 0.1) is 6.92 Å². The monoisotopic (exact) mass is 432 g/mol. The Morgan fingerprint density at radius 2 is 2.03 bits per heavy atom. The Bertz CT molecular complexity index is 1060. The van der Waals surface area contributed by atoms with Crippen LogP contribution >= 0.6 is 11.8 Å². The standard InChI is InChI=1S/C21H24N2O4S2/c1-4-15-7-5-6-13(2)21(15)23-19(24)10-14(3)29(26,27)16-8-9-18-17(11-16)22-20(25)12-28-18/h5-9,11,14H,4,10,12H2,1-3H3,(H,22,25)(H,23,24). The van der Waals surface area contributed by atoms with Gasteiger partial charge in [-0.2, -0.15) is 0 Å². The molecule has 0 aromatic heterocycles. The molecule has 2 N–H and O–H groups in total. The van der Waals surface area contributed by atoms with Crippen molar-refractivity contribution in [1.82, 2.24) is 0 Å². The average molecular weight is 433 g/mol. The molecule has 0 bridgehead atoms. The van der Waals surface area contributed by atoms with Crippen LogP contribution in [0.25, 0.3) is 0 Å². The lowest BCUT2D eigenvalue weighted by atomic mass is 10.1. The van der Waals surface area contributed by atoms with Gasteiger partial charge < -0.3 is 10.6 Å². The summed E-state index contributed by atoms with van der Waals surface area (Å²) in [6, 6.07) is 10.5. The Hall–Kier alpha value is -2.32. The number of amides is 2. The van der Waals surface area contributed by atoms with Gasteiger partial charge in [0.15, 0.2) is 9.84 Å². The highest BCUT2D eigenvalue weighted by Gasteiger charge is 2.28. The van der Waals surface area contributed by atoms with Crippen LogP contribution in [0.1, 0.15) is 31.4 Å². The van der Waals surface area contributed by atoms with Crippen molar-refractivity contribution in [2.45, 2.75) is 48.7 Å². The predicted molar refractivity (Wildman–Crippen MR) is 116 cm³/mol. The summed E-state index contributed by atoms with van der Waals surface area (Å²) in [6.45, 7) is 5.44. The topological polar surface area (TPSA) is 92.3 Å². The Kier molecular flexibility index (Phi) is 6.33. The molecule has 2 aromatic carbocycles. The molecule has 2 amide bonds. The van der Waals surface area contributed by atoms with E-state index >= 15 is 0 Å². The summed E-state index contributed by atoms with van der Waals surface area (Å²) in [5.74, 6) is -0.185. The minimum Gasteiger partial charge on any atom is -0.326 e. The van der Waals surface area contributed by atoms with E-state index in [0.29, 0.717) is 11.4 Å². The van der Waals surface area contributed by atoms with Gasteiger partial charge in [-0.05, 0) is 49.6 Å². The highest BCUT2D eigenvalue weighted by Crippen LogP contribution is 2.34. The molecule has 0 fully saturated rings. The number of anilines is 2. The van der Waals surface area contributed by atoms with Crippen molar-refractivity contribution >= 4 is 44.8 Å². The van der Waals surface area contributed by atoms with Gasteiger partial charge in [0.25, 0.3) is 0 Å². The number of nitrogens with one attached hydrogen (secondary N) is 2. The van der Waals surface area contributed by atoms with Crippen molar-refractivity contribution < 1.29 is 18.0 Å². The number of para-hydroxylation sites is 1. The SMILES string of the molecule is CCc1cccc(C)c1NC(=O)CC(C)S(=O)(=O)c1ccc2c(c1)NC(=O)CS2. The van der Waals surface area contributed by atoms with Crippen LogP contribution in [0.2, 0.25) is 0 Å². The fourth-order valence-corrected chi connectivity index (χ4v) is 5.40. The van der Waals surface area contributed by atoms with Gasteiger partial charge in [-0.25, -0.2) is 8.42 Å². The van der Waals surface area contributed by atoms with Crippen molar-refractivity contribution in [3.8, 4) is 0 Å². The quantitative estimate of drug-likeness (QED) is 0.724. The molecule has 0 spiro atoms. The molecule has 6 nitrogen and oxygen atoms in total. The van der Waals surface area contributed by atoms with E-state index in [1.54, 1.807) is 6.07 Å². The van der Waals surface area contributed by atoms with Crippen molar-refractivity contribution in [2.75, 3.05) is 16.4 Å². The lowest BCUT2D eigenvalue weighted by Gasteiger charge is -2.19. The van der Waals surface area contributed by atoms with E-state index in [9.17, 15) is 18.0 Å². The van der Waals surface area contributed by atoms with Gasteiger partial charge in [-0.15, -0.1) is 11.8 Å². The van der Waals surface area contributed by atoms with E-state index in [1.807, 2.05) is 32.0 Å². The zero-order chi connectivity index (χ0) is 21.2. The van der Waals surface area contributed by atoms with Gasteiger partial charge in [-0.3, -0.25) is 9.59 Å². The van der Waals surface area contributed by atoms with Gasteiger partial charge >= 0.3 is 0 Å². The van der Waals surface area contributed by atoms with Crippen molar-refractivity contribution in [3.63, 3.8) is 0 Å². The number of hydrogen-bond acceptors (Lipinski definition) is 5. The summed E-state index contributed by atoms with van der Waals surface area (Å²) < 4.78 is 26.0. The molecule has 29 heavy (non-hydrogen) atoms. The van der Waals surface area contributed by atoms with E-state index in [0.717, 1.165) is 28.1 Å². The Morgan fingerprint density at radius 1 is 1.28 bits per heavy atom. The molecule has 1 atom stereocenters. The number of sulfone groups is 1. The zero-order valence-corrected chi connectivity index (χ0v) is 18.2. The molecule has 1 aliphatic rings. The maximum atomic E-state index is 13.0. The third kappa shape index (κ3) is 4.64. The molecule has 1 aliphatic heterocycles. The molecule has 0 saturated heterocycles. The number of rotatable bonds is 6. The van der Waals surface area contributed by atoms with E-state index in [1.165, 1.54) is 30.8 Å². The Labute approximate surface area is 175 Å². The Morgan fingerprint density at radius 3 is 2.76 bits per heavy atom. The number of fused-ring (bicyclic) bond motifs is 1.